The molecule has 0 amide bonds. The number of fused-ring (bicyclic) bond motifs is 5. The van der Waals surface area contributed by atoms with Crippen LogP contribution in [-0.2, 0) is 22.6 Å². The van der Waals surface area contributed by atoms with Gasteiger partial charge in [0.15, 0.2) is 11.6 Å². The zero-order valence-electron chi connectivity index (χ0n) is 16.5. The molecule has 1 atom stereocenters. The fourth-order valence-electron chi connectivity index (χ4n) is 3.61. The van der Waals surface area contributed by atoms with E-state index in [4.69, 9.17) is 21.1 Å². The monoisotopic (exact) mass is 412 g/mol. The van der Waals surface area contributed by atoms with Gasteiger partial charge in [0.1, 0.15) is 25.2 Å². The Morgan fingerprint density at radius 2 is 2.17 bits per heavy atom. The summed E-state index contributed by atoms with van der Waals surface area (Å²) in [5.41, 5.74) is 3.54. The summed E-state index contributed by atoms with van der Waals surface area (Å²) in [7, 11) is 0. The number of hydrogen-bond acceptors (Lipinski definition) is 6. The van der Waals surface area contributed by atoms with E-state index in [1.807, 2.05) is 39.0 Å². The Balaban J connectivity index is 1.69. The third-order valence-corrected chi connectivity index (χ3v) is 5.24. The molecule has 2 aliphatic heterocycles. The number of imidazole rings is 1. The predicted molar refractivity (Wildman–Crippen MR) is 109 cm³/mol. The standard InChI is InChI=1S/C20H21ClN6O2/c1-11(2)28-9-17-24-25-19-14-6-13(21)4-5-15(14)27-10-22-18(16(27)7-26(17)19)20-23-12(3)8-29-20/h4-6,10-12H,7-9H2,1-3H3/t12-/m0/s1. The Kier molecular flexibility index (Phi) is 4.40. The molecule has 0 fully saturated rings. The lowest BCUT2D eigenvalue weighted by Crippen LogP contribution is -2.14. The average Bonchev–Trinajstić information content (AvgIpc) is 3.38. The lowest BCUT2D eigenvalue weighted by molar-refractivity contribution is 0.0595. The van der Waals surface area contributed by atoms with Crippen LogP contribution in [0.1, 0.15) is 38.0 Å². The van der Waals surface area contributed by atoms with E-state index in [-0.39, 0.29) is 12.1 Å². The molecule has 1 aromatic carbocycles. The van der Waals surface area contributed by atoms with Crippen LogP contribution in [0.3, 0.4) is 0 Å². The highest BCUT2D eigenvalue weighted by Gasteiger charge is 2.29. The largest absolute Gasteiger partial charge is 0.474 e. The SMILES string of the molecule is CC(C)OCc1nnc2n1Cc1c(C3=N[C@@H](C)CO3)ncn1-c1ccc(Cl)cc1-2. The van der Waals surface area contributed by atoms with Crippen LogP contribution in [-0.4, -0.2) is 49.0 Å². The van der Waals surface area contributed by atoms with E-state index < -0.39 is 0 Å². The van der Waals surface area contributed by atoms with Crippen molar-refractivity contribution < 1.29 is 9.47 Å². The maximum Gasteiger partial charge on any atom is 0.237 e. The molecule has 2 aromatic heterocycles. The highest BCUT2D eigenvalue weighted by atomic mass is 35.5. The van der Waals surface area contributed by atoms with Gasteiger partial charge in [-0.25, -0.2) is 9.98 Å². The van der Waals surface area contributed by atoms with E-state index >= 15 is 0 Å². The molecule has 4 heterocycles. The summed E-state index contributed by atoms with van der Waals surface area (Å²) in [6.07, 6.45) is 1.90. The van der Waals surface area contributed by atoms with Gasteiger partial charge in [0.25, 0.3) is 0 Å². The van der Waals surface area contributed by atoms with Crippen LogP contribution in [0, 0.1) is 0 Å². The molecule has 29 heavy (non-hydrogen) atoms. The maximum absolute atomic E-state index is 6.31. The fourth-order valence-corrected chi connectivity index (χ4v) is 3.78. The zero-order chi connectivity index (χ0) is 20.1. The predicted octanol–water partition coefficient (Wildman–Crippen LogP) is 3.24. The van der Waals surface area contributed by atoms with Crippen LogP contribution in [0.15, 0.2) is 29.5 Å². The summed E-state index contributed by atoms with van der Waals surface area (Å²) in [5, 5.41) is 9.49. The molecule has 8 nitrogen and oxygen atoms in total. The number of aliphatic imine (C=N–C) groups is 1. The van der Waals surface area contributed by atoms with Gasteiger partial charge < -0.3 is 14.0 Å². The highest BCUT2D eigenvalue weighted by Crippen LogP contribution is 2.34. The van der Waals surface area contributed by atoms with Crippen LogP contribution in [0.25, 0.3) is 17.1 Å². The summed E-state index contributed by atoms with van der Waals surface area (Å²) in [6.45, 7) is 7.49. The number of rotatable bonds is 4. The Bertz CT molecular complexity index is 1120. The van der Waals surface area contributed by atoms with Crippen molar-refractivity contribution in [2.75, 3.05) is 6.61 Å². The number of aromatic nitrogens is 5. The number of ether oxygens (including phenoxy) is 2. The molecule has 0 aliphatic carbocycles. The molecule has 0 saturated carbocycles. The number of hydrogen-bond donors (Lipinski definition) is 0. The minimum Gasteiger partial charge on any atom is -0.474 e. The van der Waals surface area contributed by atoms with E-state index in [0.29, 0.717) is 30.7 Å². The highest BCUT2D eigenvalue weighted by molar-refractivity contribution is 6.31. The molecule has 3 aromatic rings. The quantitative estimate of drug-likeness (QED) is 0.514. The lowest BCUT2D eigenvalue weighted by Gasteiger charge is -2.11. The number of benzene rings is 1. The molecule has 9 heteroatoms. The van der Waals surface area contributed by atoms with E-state index in [1.165, 1.54) is 0 Å². The van der Waals surface area contributed by atoms with Crippen LogP contribution in [0.4, 0.5) is 0 Å². The molecule has 0 saturated heterocycles. The normalized spacial score (nSPS) is 17.4. The molecule has 150 valence electrons. The van der Waals surface area contributed by atoms with Crippen molar-refractivity contribution in [2.24, 2.45) is 4.99 Å². The van der Waals surface area contributed by atoms with E-state index in [0.717, 1.165) is 34.3 Å². The molecule has 0 N–H and O–H groups in total. The van der Waals surface area contributed by atoms with E-state index in [2.05, 4.69) is 29.3 Å². The molecular formula is C20H21ClN6O2. The van der Waals surface area contributed by atoms with Crippen molar-refractivity contribution in [1.29, 1.82) is 0 Å². The van der Waals surface area contributed by atoms with Crippen molar-refractivity contribution in [3.05, 3.63) is 46.8 Å². The van der Waals surface area contributed by atoms with Gasteiger partial charge in [-0.3, -0.25) is 4.57 Å². The molecule has 0 radical (unpaired) electrons. The second-order valence-electron chi connectivity index (χ2n) is 7.55. The second kappa shape index (κ2) is 6.96. The summed E-state index contributed by atoms with van der Waals surface area (Å²) in [5.74, 6) is 2.09. The van der Waals surface area contributed by atoms with Crippen LogP contribution < -0.4 is 0 Å². The van der Waals surface area contributed by atoms with Gasteiger partial charge >= 0.3 is 0 Å². The molecule has 0 unspecified atom stereocenters. The van der Waals surface area contributed by atoms with E-state index in [9.17, 15) is 0 Å². The molecule has 5 rings (SSSR count). The zero-order valence-corrected chi connectivity index (χ0v) is 17.2. The minimum absolute atomic E-state index is 0.0966. The average molecular weight is 413 g/mol. The van der Waals surface area contributed by atoms with E-state index in [1.54, 1.807) is 6.33 Å². The first-order valence-corrected chi connectivity index (χ1v) is 10.00. The summed E-state index contributed by atoms with van der Waals surface area (Å²) >= 11 is 6.31. The Morgan fingerprint density at radius 1 is 1.31 bits per heavy atom. The first kappa shape index (κ1) is 18.3. The summed E-state index contributed by atoms with van der Waals surface area (Å²) in [6, 6.07) is 5.87. The van der Waals surface area contributed by atoms with Gasteiger partial charge in [-0.05, 0) is 39.0 Å². The van der Waals surface area contributed by atoms with Crippen LogP contribution in [0.2, 0.25) is 5.02 Å². The third kappa shape index (κ3) is 3.12. The molecule has 2 aliphatic rings. The maximum atomic E-state index is 6.31. The van der Waals surface area contributed by atoms with Gasteiger partial charge in [-0.15, -0.1) is 10.2 Å². The van der Waals surface area contributed by atoms with Crippen molar-refractivity contribution in [3.63, 3.8) is 0 Å². The van der Waals surface area contributed by atoms with Gasteiger partial charge in [0.2, 0.25) is 5.90 Å². The second-order valence-corrected chi connectivity index (χ2v) is 7.99. The summed E-state index contributed by atoms with van der Waals surface area (Å²) in [4.78, 5) is 9.22. The smallest absolute Gasteiger partial charge is 0.237 e. The van der Waals surface area contributed by atoms with Crippen molar-refractivity contribution in [3.8, 4) is 17.1 Å². The van der Waals surface area contributed by atoms with Gasteiger partial charge in [-0.1, -0.05) is 11.6 Å². The van der Waals surface area contributed by atoms with Gasteiger partial charge in [0.05, 0.1) is 30.1 Å². The van der Waals surface area contributed by atoms with Crippen LogP contribution in [0.5, 0.6) is 0 Å². The van der Waals surface area contributed by atoms with Crippen molar-refractivity contribution >= 4 is 17.5 Å². The molecule has 0 spiro atoms. The minimum atomic E-state index is 0.0966. The Morgan fingerprint density at radius 3 is 2.93 bits per heavy atom. The van der Waals surface area contributed by atoms with Gasteiger partial charge in [0, 0.05) is 10.6 Å². The first-order valence-electron chi connectivity index (χ1n) is 9.62. The Hall–Kier alpha value is -2.71. The number of halogens is 1. The molecule has 0 bridgehead atoms. The summed E-state index contributed by atoms with van der Waals surface area (Å²) < 4.78 is 15.7. The topological polar surface area (TPSA) is 79.3 Å². The van der Waals surface area contributed by atoms with Gasteiger partial charge in [-0.2, -0.15) is 0 Å². The van der Waals surface area contributed by atoms with Crippen LogP contribution >= 0.6 is 11.6 Å². The van der Waals surface area contributed by atoms with Crippen molar-refractivity contribution in [2.45, 2.75) is 46.1 Å². The molecular weight excluding hydrogens is 392 g/mol. The fraction of sp³-hybridized carbons (Fsp3) is 0.400. The van der Waals surface area contributed by atoms with Crippen molar-refractivity contribution in [1.82, 2.24) is 24.3 Å². The number of nitrogens with zero attached hydrogens (tertiary/aromatic N) is 6. The lowest BCUT2D eigenvalue weighted by atomic mass is 10.1. The third-order valence-electron chi connectivity index (χ3n) is 5.01. The first-order chi connectivity index (χ1) is 14.0. The Labute approximate surface area is 173 Å².